The summed E-state index contributed by atoms with van der Waals surface area (Å²) in [6, 6.07) is 5.12. The molecule has 0 amide bonds. The third-order valence-electron chi connectivity index (χ3n) is 2.39. The average molecular weight is 224 g/mol. The minimum absolute atomic E-state index is 0.106. The minimum atomic E-state index is -0.352. The van der Waals surface area contributed by atoms with E-state index < -0.39 is 0 Å². The smallest absolute Gasteiger partial charge is 0.184 e. The van der Waals surface area contributed by atoms with Crippen LogP contribution in [0.25, 0.3) is 0 Å². The number of hydrogen-bond donors (Lipinski definition) is 1. The molecule has 2 atom stereocenters. The van der Waals surface area contributed by atoms with Crippen molar-refractivity contribution in [2.45, 2.75) is 26.2 Å². The predicted molar refractivity (Wildman–Crippen MR) is 58.5 cm³/mol. The molecule has 2 rings (SSSR count). The summed E-state index contributed by atoms with van der Waals surface area (Å²) in [7, 11) is 0. The zero-order valence-electron chi connectivity index (χ0n) is 9.47. The normalized spacial score (nSPS) is 24.6. The van der Waals surface area contributed by atoms with E-state index in [2.05, 4.69) is 0 Å². The molecule has 16 heavy (non-hydrogen) atoms. The summed E-state index contributed by atoms with van der Waals surface area (Å²) < 4.78 is 16.3. The zero-order chi connectivity index (χ0) is 11.5. The lowest BCUT2D eigenvalue weighted by Gasteiger charge is -2.12. The van der Waals surface area contributed by atoms with Crippen molar-refractivity contribution in [3.8, 4) is 11.5 Å². The van der Waals surface area contributed by atoms with Crippen LogP contribution in [0.4, 0.5) is 0 Å². The van der Waals surface area contributed by atoms with E-state index >= 15 is 0 Å². The number of ether oxygens (including phenoxy) is 3. The van der Waals surface area contributed by atoms with Crippen LogP contribution in [-0.2, 0) is 9.47 Å². The summed E-state index contributed by atoms with van der Waals surface area (Å²) >= 11 is 0. The van der Waals surface area contributed by atoms with Gasteiger partial charge in [-0.15, -0.1) is 0 Å². The van der Waals surface area contributed by atoms with Gasteiger partial charge < -0.3 is 19.3 Å². The molecule has 0 unspecified atom stereocenters. The van der Waals surface area contributed by atoms with Crippen LogP contribution in [0.3, 0.4) is 0 Å². The van der Waals surface area contributed by atoms with Gasteiger partial charge in [0.15, 0.2) is 17.8 Å². The van der Waals surface area contributed by atoms with Gasteiger partial charge in [-0.3, -0.25) is 0 Å². The molecule has 1 heterocycles. The van der Waals surface area contributed by atoms with E-state index in [1.54, 1.807) is 18.2 Å². The van der Waals surface area contributed by atoms with Crippen molar-refractivity contribution >= 4 is 0 Å². The average Bonchev–Trinajstić information content (AvgIpc) is 2.69. The molecule has 1 fully saturated rings. The van der Waals surface area contributed by atoms with Gasteiger partial charge in [-0.1, -0.05) is 6.07 Å². The third kappa shape index (κ3) is 2.28. The highest BCUT2D eigenvalue weighted by molar-refractivity contribution is 5.42. The van der Waals surface area contributed by atoms with Crippen LogP contribution in [0.1, 0.15) is 25.7 Å². The Hall–Kier alpha value is -1.26. The first-order chi connectivity index (χ1) is 7.70. The second kappa shape index (κ2) is 4.72. The molecule has 1 aliphatic heterocycles. The van der Waals surface area contributed by atoms with Crippen molar-refractivity contribution in [1.29, 1.82) is 0 Å². The number of aromatic hydroxyl groups is 1. The lowest BCUT2D eigenvalue weighted by Crippen LogP contribution is -2.03. The monoisotopic (exact) mass is 224 g/mol. The van der Waals surface area contributed by atoms with Gasteiger partial charge in [0.1, 0.15) is 0 Å². The fraction of sp³-hybridized carbons (Fsp3) is 0.500. The molecule has 1 aromatic rings. The molecule has 0 bridgehead atoms. The number of phenols is 1. The van der Waals surface area contributed by atoms with Crippen molar-refractivity contribution in [2.24, 2.45) is 0 Å². The topological polar surface area (TPSA) is 47.9 Å². The van der Waals surface area contributed by atoms with Gasteiger partial charge in [0.05, 0.1) is 19.3 Å². The quantitative estimate of drug-likeness (QED) is 0.855. The molecule has 0 aromatic heterocycles. The molecule has 0 saturated carbocycles. The summed E-state index contributed by atoms with van der Waals surface area (Å²) in [5, 5.41) is 9.55. The van der Waals surface area contributed by atoms with Gasteiger partial charge in [-0.25, -0.2) is 0 Å². The molecule has 0 radical (unpaired) electrons. The van der Waals surface area contributed by atoms with E-state index in [-0.39, 0.29) is 18.1 Å². The van der Waals surface area contributed by atoms with Crippen molar-refractivity contribution < 1.29 is 19.3 Å². The molecular weight excluding hydrogens is 208 g/mol. The maximum absolute atomic E-state index is 9.55. The second-order valence-corrected chi connectivity index (χ2v) is 3.77. The molecule has 4 nitrogen and oxygen atoms in total. The van der Waals surface area contributed by atoms with Crippen LogP contribution in [0.15, 0.2) is 18.2 Å². The van der Waals surface area contributed by atoms with Gasteiger partial charge >= 0.3 is 0 Å². The van der Waals surface area contributed by atoms with Gasteiger partial charge in [0, 0.05) is 5.56 Å². The van der Waals surface area contributed by atoms with Crippen LogP contribution < -0.4 is 4.74 Å². The Bertz CT molecular complexity index is 364. The summed E-state index contributed by atoms with van der Waals surface area (Å²) in [6.07, 6.45) is -0.246. The summed E-state index contributed by atoms with van der Waals surface area (Å²) in [5.74, 6) is 0.600. The highest BCUT2D eigenvalue weighted by atomic mass is 16.7. The van der Waals surface area contributed by atoms with E-state index in [1.165, 1.54) is 0 Å². The minimum Gasteiger partial charge on any atom is -0.504 e. The molecule has 1 aromatic carbocycles. The summed E-state index contributed by atoms with van der Waals surface area (Å²) in [5.41, 5.74) is 0.866. The predicted octanol–water partition coefficient (Wildman–Crippen LogP) is 2.22. The zero-order valence-corrected chi connectivity index (χ0v) is 9.47. The highest BCUT2D eigenvalue weighted by Gasteiger charge is 2.24. The van der Waals surface area contributed by atoms with Gasteiger partial charge in [-0.05, 0) is 26.0 Å². The van der Waals surface area contributed by atoms with Gasteiger partial charge in [-0.2, -0.15) is 0 Å². The van der Waals surface area contributed by atoms with Crippen LogP contribution in [-0.4, -0.2) is 24.4 Å². The largest absolute Gasteiger partial charge is 0.504 e. The maximum Gasteiger partial charge on any atom is 0.184 e. The van der Waals surface area contributed by atoms with E-state index in [1.807, 2.05) is 13.8 Å². The van der Waals surface area contributed by atoms with Gasteiger partial charge in [0.2, 0.25) is 0 Å². The first kappa shape index (κ1) is 11.2. The van der Waals surface area contributed by atoms with Crippen molar-refractivity contribution in [2.75, 3.05) is 13.2 Å². The Balaban J connectivity index is 2.18. The Kier molecular flexibility index (Phi) is 3.31. The molecule has 1 aliphatic rings. The number of phenolic OH excluding ortho intramolecular Hbond substituents is 1. The van der Waals surface area contributed by atoms with E-state index in [0.29, 0.717) is 19.0 Å². The Morgan fingerprint density at radius 2 is 2.31 bits per heavy atom. The summed E-state index contributed by atoms with van der Waals surface area (Å²) in [4.78, 5) is 0. The fourth-order valence-electron chi connectivity index (χ4n) is 1.64. The Labute approximate surface area is 94.8 Å². The molecule has 1 N–H and O–H groups in total. The molecule has 88 valence electrons. The molecule has 0 spiro atoms. The van der Waals surface area contributed by atoms with Crippen molar-refractivity contribution in [3.63, 3.8) is 0 Å². The van der Waals surface area contributed by atoms with E-state index in [0.717, 1.165) is 5.56 Å². The van der Waals surface area contributed by atoms with Crippen molar-refractivity contribution in [3.05, 3.63) is 23.8 Å². The Morgan fingerprint density at radius 3 is 2.94 bits per heavy atom. The molecular formula is C12H16O4. The standard InChI is InChI=1S/C12H16O4/c1-3-14-11-6-9(4-5-10(11)13)12-15-7-8(2)16-12/h4-6,8,12-13H,3,7H2,1-2H3/t8-,12+/m0/s1. The SMILES string of the molecule is CCOc1cc([C@@H]2OC[C@H](C)O2)ccc1O. The molecule has 0 aliphatic carbocycles. The van der Waals surface area contributed by atoms with Crippen LogP contribution in [0.2, 0.25) is 0 Å². The maximum atomic E-state index is 9.55. The molecule has 1 saturated heterocycles. The lowest BCUT2D eigenvalue weighted by atomic mass is 10.2. The van der Waals surface area contributed by atoms with Crippen LogP contribution in [0.5, 0.6) is 11.5 Å². The van der Waals surface area contributed by atoms with Crippen molar-refractivity contribution in [1.82, 2.24) is 0 Å². The molecule has 4 heteroatoms. The number of benzene rings is 1. The second-order valence-electron chi connectivity index (χ2n) is 3.77. The fourth-order valence-corrected chi connectivity index (χ4v) is 1.64. The first-order valence-corrected chi connectivity index (χ1v) is 5.43. The van der Waals surface area contributed by atoms with E-state index in [9.17, 15) is 5.11 Å². The highest BCUT2D eigenvalue weighted by Crippen LogP contribution is 2.33. The number of rotatable bonds is 3. The summed E-state index contributed by atoms with van der Waals surface area (Å²) in [6.45, 7) is 4.94. The third-order valence-corrected chi connectivity index (χ3v) is 2.39. The van der Waals surface area contributed by atoms with Crippen LogP contribution >= 0.6 is 0 Å². The van der Waals surface area contributed by atoms with E-state index in [4.69, 9.17) is 14.2 Å². The first-order valence-electron chi connectivity index (χ1n) is 5.43. The van der Waals surface area contributed by atoms with Gasteiger partial charge in [0.25, 0.3) is 0 Å². The lowest BCUT2D eigenvalue weighted by molar-refractivity contribution is -0.0573. The van der Waals surface area contributed by atoms with Crippen LogP contribution in [0, 0.1) is 0 Å². The Morgan fingerprint density at radius 1 is 1.50 bits per heavy atom. The number of hydrogen-bond acceptors (Lipinski definition) is 4.